The molecule has 0 radical (unpaired) electrons. The molecule has 0 unspecified atom stereocenters. The lowest BCUT2D eigenvalue weighted by Gasteiger charge is -2.34. The largest absolute Gasteiger partial charge is 0.496 e. The van der Waals surface area contributed by atoms with Crippen molar-refractivity contribution < 1.29 is 9.53 Å². The molecule has 0 atom stereocenters. The van der Waals surface area contributed by atoms with Gasteiger partial charge in [-0.25, -0.2) is 0 Å². The SMILES string of the molecule is COc1ccccc1CN1CCN(CC(=O)NCC(C)C)CC1. The highest BCUT2D eigenvalue weighted by atomic mass is 16.5. The van der Waals surface area contributed by atoms with Crippen molar-refractivity contribution in [1.82, 2.24) is 15.1 Å². The number of rotatable bonds is 7. The van der Waals surface area contributed by atoms with Gasteiger partial charge in [-0.15, -0.1) is 0 Å². The number of hydrogen-bond donors (Lipinski definition) is 1. The molecule has 1 heterocycles. The summed E-state index contributed by atoms with van der Waals surface area (Å²) in [6.45, 7) is 10.2. The molecule has 5 heteroatoms. The number of hydrogen-bond acceptors (Lipinski definition) is 4. The van der Waals surface area contributed by atoms with E-state index in [4.69, 9.17) is 4.74 Å². The van der Waals surface area contributed by atoms with Crippen LogP contribution in [0.3, 0.4) is 0 Å². The summed E-state index contributed by atoms with van der Waals surface area (Å²) in [5.41, 5.74) is 1.22. The van der Waals surface area contributed by atoms with E-state index in [0.29, 0.717) is 12.5 Å². The van der Waals surface area contributed by atoms with Gasteiger partial charge in [-0.3, -0.25) is 14.6 Å². The van der Waals surface area contributed by atoms with Crippen molar-refractivity contribution in [2.45, 2.75) is 20.4 Å². The van der Waals surface area contributed by atoms with Crippen LogP contribution >= 0.6 is 0 Å². The van der Waals surface area contributed by atoms with Gasteiger partial charge in [0.15, 0.2) is 0 Å². The summed E-state index contributed by atoms with van der Waals surface area (Å²) in [5.74, 6) is 1.58. The lowest BCUT2D eigenvalue weighted by Crippen LogP contribution is -2.49. The van der Waals surface area contributed by atoms with E-state index in [-0.39, 0.29) is 5.91 Å². The number of ether oxygens (including phenoxy) is 1. The van der Waals surface area contributed by atoms with Gasteiger partial charge in [-0.2, -0.15) is 0 Å². The third-order valence-corrected chi connectivity index (χ3v) is 4.13. The Bertz CT molecular complexity index is 497. The van der Waals surface area contributed by atoms with Crippen molar-refractivity contribution in [3.63, 3.8) is 0 Å². The van der Waals surface area contributed by atoms with Crippen molar-refractivity contribution >= 4 is 5.91 Å². The van der Waals surface area contributed by atoms with E-state index in [1.54, 1.807) is 7.11 Å². The molecule has 0 aromatic heterocycles. The van der Waals surface area contributed by atoms with Gasteiger partial charge in [0.05, 0.1) is 13.7 Å². The molecule has 1 aromatic rings. The van der Waals surface area contributed by atoms with Crippen LogP contribution in [0.15, 0.2) is 24.3 Å². The third-order valence-electron chi connectivity index (χ3n) is 4.13. The summed E-state index contributed by atoms with van der Waals surface area (Å²) in [4.78, 5) is 16.5. The van der Waals surface area contributed by atoms with E-state index in [9.17, 15) is 4.79 Å². The molecule has 2 rings (SSSR count). The number of methoxy groups -OCH3 is 1. The summed E-state index contributed by atoms with van der Waals surface area (Å²) in [6, 6.07) is 8.17. The fourth-order valence-electron chi connectivity index (χ4n) is 2.76. The molecular formula is C18H29N3O2. The number of amides is 1. The first-order valence-corrected chi connectivity index (χ1v) is 8.41. The maximum atomic E-state index is 11.9. The summed E-state index contributed by atoms with van der Waals surface area (Å²) in [7, 11) is 1.71. The molecule has 1 amide bonds. The fraction of sp³-hybridized carbons (Fsp3) is 0.611. The first-order valence-electron chi connectivity index (χ1n) is 8.41. The number of nitrogens with one attached hydrogen (secondary N) is 1. The zero-order valence-electron chi connectivity index (χ0n) is 14.5. The van der Waals surface area contributed by atoms with Crippen molar-refractivity contribution in [2.24, 2.45) is 5.92 Å². The Labute approximate surface area is 139 Å². The van der Waals surface area contributed by atoms with Crippen LogP contribution in [-0.4, -0.2) is 62.1 Å². The van der Waals surface area contributed by atoms with Crippen molar-refractivity contribution in [3.8, 4) is 5.75 Å². The van der Waals surface area contributed by atoms with Gasteiger partial charge in [0.1, 0.15) is 5.75 Å². The normalized spacial score (nSPS) is 16.5. The van der Waals surface area contributed by atoms with Gasteiger partial charge in [0.2, 0.25) is 5.91 Å². The van der Waals surface area contributed by atoms with Crippen LogP contribution in [0.25, 0.3) is 0 Å². The van der Waals surface area contributed by atoms with Gasteiger partial charge in [0, 0.05) is 44.8 Å². The molecule has 128 valence electrons. The third kappa shape index (κ3) is 5.84. The molecule has 23 heavy (non-hydrogen) atoms. The van der Waals surface area contributed by atoms with E-state index in [1.807, 2.05) is 18.2 Å². The Morgan fingerprint density at radius 2 is 1.83 bits per heavy atom. The zero-order chi connectivity index (χ0) is 16.7. The van der Waals surface area contributed by atoms with E-state index < -0.39 is 0 Å². The second-order valence-electron chi connectivity index (χ2n) is 6.56. The second-order valence-corrected chi connectivity index (χ2v) is 6.56. The van der Waals surface area contributed by atoms with Gasteiger partial charge < -0.3 is 10.1 Å². The standard InChI is InChI=1S/C18H29N3O2/c1-15(2)12-19-18(22)14-21-10-8-20(9-11-21)13-16-6-4-5-7-17(16)23-3/h4-7,15H,8-14H2,1-3H3,(H,19,22). The number of nitrogens with zero attached hydrogens (tertiary/aromatic N) is 2. The maximum absolute atomic E-state index is 11.9. The van der Waals surface area contributed by atoms with Crippen LogP contribution in [0.1, 0.15) is 19.4 Å². The maximum Gasteiger partial charge on any atom is 0.234 e. The highest BCUT2D eigenvalue weighted by Crippen LogP contribution is 2.19. The Morgan fingerprint density at radius 1 is 1.17 bits per heavy atom. The predicted molar refractivity (Wildman–Crippen MR) is 92.6 cm³/mol. The molecule has 1 saturated heterocycles. The monoisotopic (exact) mass is 319 g/mol. The minimum Gasteiger partial charge on any atom is -0.496 e. The van der Waals surface area contributed by atoms with Crippen LogP contribution in [0.5, 0.6) is 5.75 Å². The first-order chi connectivity index (χ1) is 11.1. The number of para-hydroxylation sites is 1. The quantitative estimate of drug-likeness (QED) is 0.829. The Hall–Kier alpha value is -1.59. The lowest BCUT2D eigenvalue weighted by molar-refractivity contribution is -0.122. The summed E-state index contributed by atoms with van der Waals surface area (Å²) < 4.78 is 5.42. The molecule has 5 nitrogen and oxygen atoms in total. The molecule has 1 aromatic carbocycles. The molecule has 1 fully saturated rings. The Balaban J connectivity index is 1.74. The molecule has 1 aliphatic heterocycles. The minimum absolute atomic E-state index is 0.136. The van der Waals surface area contributed by atoms with Crippen LogP contribution in [0, 0.1) is 5.92 Å². The van der Waals surface area contributed by atoms with Crippen molar-refractivity contribution in [3.05, 3.63) is 29.8 Å². The lowest BCUT2D eigenvalue weighted by atomic mass is 10.1. The molecule has 0 bridgehead atoms. The highest BCUT2D eigenvalue weighted by Gasteiger charge is 2.19. The van der Waals surface area contributed by atoms with Crippen LogP contribution in [-0.2, 0) is 11.3 Å². The van der Waals surface area contributed by atoms with Gasteiger partial charge >= 0.3 is 0 Å². The zero-order valence-corrected chi connectivity index (χ0v) is 14.5. The van der Waals surface area contributed by atoms with Crippen LogP contribution in [0.2, 0.25) is 0 Å². The number of carbonyl (C=O) groups excluding carboxylic acids is 1. The molecule has 0 spiro atoms. The van der Waals surface area contributed by atoms with Gasteiger partial charge in [0.25, 0.3) is 0 Å². The molecule has 0 aliphatic carbocycles. The predicted octanol–water partition coefficient (Wildman–Crippen LogP) is 1.58. The summed E-state index contributed by atoms with van der Waals surface area (Å²) in [5, 5.41) is 2.98. The van der Waals surface area contributed by atoms with E-state index in [1.165, 1.54) is 5.56 Å². The summed E-state index contributed by atoms with van der Waals surface area (Å²) >= 11 is 0. The number of carbonyl (C=O) groups is 1. The van der Waals surface area contributed by atoms with E-state index in [2.05, 4.69) is 35.0 Å². The summed E-state index contributed by atoms with van der Waals surface area (Å²) in [6.07, 6.45) is 0. The smallest absolute Gasteiger partial charge is 0.234 e. The van der Waals surface area contributed by atoms with Crippen molar-refractivity contribution in [2.75, 3.05) is 46.4 Å². The van der Waals surface area contributed by atoms with E-state index in [0.717, 1.165) is 45.0 Å². The topological polar surface area (TPSA) is 44.8 Å². The number of benzene rings is 1. The Morgan fingerprint density at radius 3 is 2.48 bits per heavy atom. The van der Waals surface area contributed by atoms with Crippen LogP contribution < -0.4 is 10.1 Å². The molecule has 0 saturated carbocycles. The fourth-order valence-corrected chi connectivity index (χ4v) is 2.76. The van der Waals surface area contributed by atoms with Gasteiger partial charge in [-0.1, -0.05) is 32.0 Å². The average molecular weight is 319 g/mol. The van der Waals surface area contributed by atoms with Gasteiger partial charge in [-0.05, 0) is 12.0 Å². The molecular weight excluding hydrogens is 290 g/mol. The average Bonchev–Trinajstić information content (AvgIpc) is 2.55. The molecule has 1 N–H and O–H groups in total. The van der Waals surface area contributed by atoms with Crippen LogP contribution in [0.4, 0.5) is 0 Å². The van der Waals surface area contributed by atoms with E-state index >= 15 is 0 Å². The van der Waals surface area contributed by atoms with Crippen molar-refractivity contribution in [1.29, 1.82) is 0 Å². The number of piperazine rings is 1. The highest BCUT2D eigenvalue weighted by molar-refractivity contribution is 5.78. The Kier molecular flexibility index (Phi) is 6.86. The minimum atomic E-state index is 0.136. The molecule has 1 aliphatic rings. The first kappa shape index (κ1) is 17.8. The second kappa shape index (κ2) is 8.89.